The summed E-state index contributed by atoms with van der Waals surface area (Å²) in [6.07, 6.45) is 2.06. The molecule has 0 radical (unpaired) electrons. The van der Waals surface area contributed by atoms with E-state index in [9.17, 15) is 0 Å². The van der Waals surface area contributed by atoms with Crippen LogP contribution in [-0.2, 0) is 22.7 Å². The number of hydrogen-bond acceptors (Lipinski definition) is 0. The van der Waals surface area contributed by atoms with Crippen LogP contribution in [0.1, 0.15) is 78.6 Å². The molecule has 0 N–H and O–H groups in total. The van der Waals surface area contributed by atoms with Crippen molar-refractivity contribution in [3.8, 4) is 89.3 Å². The normalized spacial score (nSPS) is 14.8. The molecule has 2 heterocycles. The summed E-state index contributed by atoms with van der Waals surface area (Å²) in [5.74, 6) is 0. The zero-order chi connectivity index (χ0) is 61.6. The van der Waals surface area contributed by atoms with Crippen molar-refractivity contribution in [2.75, 3.05) is 0 Å². The Balaban J connectivity index is 0.635. The van der Waals surface area contributed by atoms with Crippen molar-refractivity contribution < 1.29 is 0 Å². The third-order valence-electron chi connectivity index (χ3n) is 22.5. The van der Waals surface area contributed by atoms with E-state index in [1.807, 2.05) is 0 Å². The van der Waals surface area contributed by atoms with E-state index in [0.29, 0.717) is 0 Å². The number of benzene rings is 14. The van der Waals surface area contributed by atoms with E-state index in [1.54, 1.807) is 0 Å². The maximum Gasteiger partial charge on any atom is 0.0541 e. The topological polar surface area (TPSA) is 9.86 Å². The third-order valence-corrected chi connectivity index (χ3v) is 22.5. The molecular weight excluding hydrogens is 1120 g/mol. The van der Waals surface area contributed by atoms with Gasteiger partial charge < -0.3 is 9.13 Å². The zero-order valence-electron chi connectivity index (χ0n) is 52.5. The van der Waals surface area contributed by atoms with Crippen molar-refractivity contribution in [3.05, 3.63) is 336 Å². The highest BCUT2D eigenvalue weighted by atomic mass is 15.0. The Labute approximate surface area is 542 Å². The fourth-order valence-corrected chi connectivity index (χ4v) is 17.9. The molecule has 4 aliphatic carbocycles. The molecular formula is C91H64N2. The monoisotopic (exact) mass is 1180 g/mol. The van der Waals surface area contributed by atoms with E-state index in [2.05, 4.69) is 328 Å². The summed E-state index contributed by atoms with van der Waals surface area (Å²) in [5.41, 5.74) is 36.0. The lowest BCUT2D eigenvalue weighted by Crippen LogP contribution is -2.23. The van der Waals surface area contributed by atoms with Crippen LogP contribution in [0.4, 0.5) is 0 Å². The van der Waals surface area contributed by atoms with Gasteiger partial charge in [0, 0.05) is 49.2 Å². The van der Waals surface area contributed by atoms with Crippen molar-refractivity contribution >= 4 is 54.4 Å². The summed E-state index contributed by atoms with van der Waals surface area (Å²) in [6.45, 7) is 9.47. The predicted molar refractivity (Wildman–Crippen MR) is 390 cm³/mol. The Kier molecular flexibility index (Phi) is 10.8. The molecule has 0 bridgehead atoms. The molecule has 2 aromatic heterocycles. The molecule has 0 aliphatic heterocycles. The Morgan fingerprint density at radius 3 is 1.09 bits per heavy atom. The van der Waals surface area contributed by atoms with E-state index in [4.69, 9.17) is 0 Å². The molecule has 2 nitrogen and oxygen atoms in total. The zero-order valence-corrected chi connectivity index (χ0v) is 52.5. The van der Waals surface area contributed by atoms with E-state index in [0.717, 1.165) is 12.8 Å². The van der Waals surface area contributed by atoms with Gasteiger partial charge in [0.05, 0.1) is 22.1 Å². The van der Waals surface area contributed by atoms with Crippen molar-refractivity contribution in [2.24, 2.45) is 0 Å². The fourth-order valence-electron chi connectivity index (χ4n) is 17.9. The highest BCUT2D eigenvalue weighted by Crippen LogP contribution is 2.60. The minimum Gasteiger partial charge on any atom is -0.309 e. The van der Waals surface area contributed by atoms with Crippen LogP contribution in [0.15, 0.2) is 291 Å². The second kappa shape index (κ2) is 19.0. The molecule has 438 valence electrons. The average Bonchev–Trinajstić information content (AvgIpc) is 1.54. The van der Waals surface area contributed by atoms with Crippen LogP contribution in [0.2, 0.25) is 0 Å². The van der Waals surface area contributed by atoms with Gasteiger partial charge in [-0.05, 0) is 225 Å². The molecule has 0 atom stereocenters. The number of hydrogen-bond donors (Lipinski definition) is 0. The maximum atomic E-state index is 2.54. The van der Waals surface area contributed by atoms with Gasteiger partial charge in [-0.3, -0.25) is 0 Å². The lowest BCUT2D eigenvalue weighted by Gasteiger charge is -2.29. The Hall–Kier alpha value is -11.1. The molecule has 14 aromatic carbocycles. The molecule has 4 aliphatic rings. The molecule has 0 saturated heterocycles. The van der Waals surface area contributed by atoms with Crippen LogP contribution in [0, 0.1) is 0 Å². The van der Waals surface area contributed by atoms with Gasteiger partial charge in [-0.25, -0.2) is 0 Å². The minimum absolute atomic E-state index is 0.0771. The van der Waals surface area contributed by atoms with Crippen LogP contribution in [0.3, 0.4) is 0 Å². The third kappa shape index (κ3) is 7.35. The summed E-state index contributed by atoms with van der Waals surface area (Å²) in [5, 5.41) is 7.67. The van der Waals surface area contributed by atoms with Crippen molar-refractivity contribution in [1.29, 1.82) is 0 Å². The summed E-state index contributed by atoms with van der Waals surface area (Å²) < 4.78 is 4.94. The first-order chi connectivity index (χ1) is 45.6. The van der Waals surface area contributed by atoms with Gasteiger partial charge in [0.1, 0.15) is 0 Å². The highest BCUT2D eigenvalue weighted by molar-refractivity contribution is 6.12. The molecule has 0 saturated carbocycles. The van der Waals surface area contributed by atoms with Crippen molar-refractivity contribution in [2.45, 2.75) is 56.8 Å². The largest absolute Gasteiger partial charge is 0.309 e. The Morgan fingerprint density at radius 1 is 0.247 bits per heavy atom. The summed E-state index contributed by atoms with van der Waals surface area (Å²) in [7, 11) is 0. The number of nitrogens with zero attached hydrogens (tertiary/aromatic N) is 2. The van der Waals surface area contributed by atoms with E-state index in [1.165, 1.54) is 188 Å². The number of fused-ring (bicyclic) bond motifs is 20. The van der Waals surface area contributed by atoms with Gasteiger partial charge in [0.15, 0.2) is 0 Å². The van der Waals surface area contributed by atoms with Gasteiger partial charge in [0.2, 0.25) is 0 Å². The van der Waals surface area contributed by atoms with Gasteiger partial charge >= 0.3 is 0 Å². The average molecular weight is 1190 g/mol. The Morgan fingerprint density at radius 2 is 0.602 bits per heavy atom. The summed E-state index contributed by atoms with van der Waals surface area (Å²) in [4.78, 5) is 0. The van der Waals surface area contributed by atoms with Crippen LogP contribution in [0.5, 0.6) is 0 Å². The van der Waals surface area contributed by atoms with Crippen LogP contribution in [-0.4, -0.2) is 9.13 Å². The van der Waals surface area contributed by atoms with Crippen molar-refractivity contribution in [3.63, 3.8) is 0 Å². The second-order valence-corrected chi connectivity index (χ2v) is 27.9. The fraction of sp³-hybridized carbons (Fsp3) is 0.0989. The second-order valence-electron chi connectivity index (χ2n) is 27.9. The number of para-hydroxylation sites is 2. The number of aryl methyl sites for hydroxylation is 1. The van der Waals surface area contributed by atoms with Gasteiger partial charge in [-0.1, -0.05) is 240 Å². The predicted octanol–water partition coefficient (Wildman–Crippen LogP) is 23.6. The summed E-state index contributed by atoms with van der Waals surface area (Å²) >= 11 is 0. The molecule has 93 heavy (non-hydrogen) atoms. The highest BCUT2D eigenvalue weighted by Gasteiger charge is 2.49. The van der Waals surface area contributed by atoms with Crippen LogP contribution in [0.25, 0.3) is 144 Å². The van der Waals surface area contributed by atoms with Gasteiger partial charge in [-0.2, -0.15) is 0 Å². The van der Waals surface area contributed by atoms with Crippen LogP contribution >= 0.6 is 0 Å². The maximum absolute atomic E-state index is 2.54. The van der Waals surface area contributed by atoms with Crippen LogP contribution < -0.4 is 0 Å². The Bertz CT molecular complexity index is 5600. The summed E-state index contributed by atoms with van der Waals surface area (Å²) in [6, 6.07) is 111. The quantitative estimate of drug-likeness (QED) is 0.157. The number of rotatable bonds is 6. The lowest BCUT2D eigenvalue weighted by atomic mass is 9.72. The first kappa shape index (κ1) is 52.7. The SMILES string of the molecule is CC1(C)c2ccccc2-c2ccc(-n3c4ccccc4c4cc(-c5ccc(-c6ccc7c(c6)C6(CCc8cc9ccccc9cc86)c6cc(-c8ccc(-c9ccc%10c(c9)c9ccccc9n%10-c9ccc%10c(c9)C(C)(C)c9ccccc9-%10)cc8)ccc6-7)cc5)ccc43)cc21. The standard InChI is InChI=1S/C91H64N2/c1-89(2)78-21-11-7-17-68(78)70-41-37-66(53-81(70)89)92-85-23-13-9-19-74(85)76-48-61(35-43-87(76)92)55-25-29-57(30-26-55)63-33-39-72-73-40-34-64(52-84(73)91(83(72)51-63)46-45-65-47-59-15-5-6-16-60(59)50-80(65)91)58-31-27-56(28-32-58)62-36-44-88-77(49-62)75-20-10-14-24-86(75)93(88)67-38-42-71-69-18-8-12-22-79(69)90(3,4)82(71)54-67/h5-44,47-54H,45-46H2,1-4H3. The molecule has 20 rings (SSSR count). The molecule has 1 spiro atoms. The van der Waals surface area contributed by atoms with Crippen molar-refractivity contribution in [1.82, 2.24) is 9.13 Å². The first-order valence-corrected chi connectivity index (χ1v) is 33.2. The van der Waals surface area contributed by atoms with Gasteiger partial charge in [0.25, 0.3) is 0 Å². The van der Waals surface area contributed by atoms with E-state index in [-0.39, 0.29) is 16.2 Å². The first-order valence-electron chi connectivity index (χ1n) is 33.2. The molecule has 16 aromatic rings. The van der Waals surface area contributed by atoms with Gasteiger partial charge in [-0.15, -0.1) is 0 Å². The minimum atomic E-state index is -0.291. The molecule has 0 unspecified atom stereocenters. The smallest absolute Gasteiger partial charge is 0.0541 e. The van der Waals surface area contributed by atoms with E-state index < -0.39 is 0 Å². The molecule has 2 heteroatoms. The molecule has 0 fully saturated rings. The molecule has 0 amide bonds. The van der Waals surface area contributed by atoms with E-state index >= 15 is 0 Å². The number of aromatic nitrogens is 2. The lowest BCUT2D eigenvalue weighted by molar-refractivity contribution is 0.627.